The third-order valence-corrected chi connectivity index (χ3v) is 6.66. The number of amides is 1. The maximum absolute atomic E-state index is 13.2. The van der Waals surface area contributed by atoms with Gasteiger partial charge >= 0.3 is 0 Å². The van der Waals surface area contributed by atoms with E-state index in [-0.39, 0.29) is 18.1 Å². The Morgan fingerprint density at radius 1 is 0.848 bits per heavy atom. The number of hydrogen-bond donors (Lipinski definition) is 1. The molecule has 0 radical (unpaired) electrons. The van der Waals surface area contributed by atoms with Crippen LogP contribution >= 0.6 is 24.0 Å². The van der Waals surface area contributed by atoms with Crippen LogP contribution in [0.2, 0.25) is 0 Å². The fourth-order valence-electron chi connectivity index (χ4n) is 3.58. The molecule has 3 aromatic rings. The molecular weight excluding hydrogens is 446 g/mol. The first kappa shape index (κ1) is 22.9. The molecule has 33 heavy (non-hydrogen) atoms. The van der Waals surface area contributed by atoms with E-state index < -0.39 is 0 Å². The van der Waals surface area contributed by atoms with Gasteiger partial charge in [0.1, 0.15) is 4.32 Å². The minimum absolute atomic E-state index is 0.0254. The normalized spacial score (nSPS) is 15.4. The summed E-state index contributed by atoms with van der Waals surface area (Å²) in [4.78, 5) is 26.4. The Morgan fingerprint density at radius 3 is 1.97 bits per heavy atom. The lowest BCUT2D eigenvalue weighted by Gasteiger charge is -2.12. The Morgan fingerprint density at radius 2 is 1.42 bits per heavy atom. The van der Waals surface area contributed by atoms with Gasteiger partial charge in [-0.2, -0.15) is 0 Å². The molecular formula is C28H23NO2S2. The van der Waals surface area contributed by atoms with Crippen LogP contribution in [0.4, 0.5) is 0 Å². The molecule has 1 aliphatic heterocycles. The van der Waals surface area contributed by atoms with E-state index in [1.54, 1.807) is 0 Å². The zero-order valence-corrected chi connectivity index (χ0v) is 20.1. The quantitative estimate of drug-likeness (QED) is 0.254. The standard InChI is InChI=1S/C28H23NO2S2/c1-18-8-12-21(13-9-18)24(26-27(31)29-28(32)33-26)16-23(20-6-4-3-5-7-20)17-25(30)22-14-10-19(2)11-15-22/h3-16H,17H2,1-2H3,(H,29,31,32)/b23-16-,26-24-. The first-order valence-electron chi connectivity index (χ1n) is 10.6. The summed E-state index contributed by atoms with van der Waals surface area (Å²) in [5.74, 6) is -0.188. The maximum Gasteiger partial charge on any atom is 0.264 e. The van der Waals surface area contributed by atoms with Gasteiger partial charge < -0.3 is 5.32 Å². The Labute approximate surface area is 203 Å². The minimum atomic E-state index is -0.214. The number of rotatable bonds is 6. The summed E-state index contributed by atoms with van der Waals surface area (Å²) >= 11 is 6.49. The van der Waals surface area contributed by atoms with E-state index in [1.807, 2.05) is 98.8 Å². The number of thiocarbonyl (C=S) groups is 1. The third-order valence-electron chi connectivity index (χ3n) is 5.41. The van der Waals surface area contributed by atoms with Gasteiger partial charge in [-0.1, -0.05) is 114 Å². The lowest BCUT2D eigenvalue weighted by molar-refractivity contribution is -0.115. The number of benzene rings is 3. The molecule has 0 atom stereocenters. The summed E-state index contributed by atoms with van der Waals surface area (Å²) in [6, 6.07) is 25.4. The highest BCUT2D eigenvalue weighted by molar-refractivity contribution is 8.26. The van der Waals surface area contributed by atoms with Crippen molar-refractivity contribution in [1.82, 2.24) is 5.32 Å². The number of nitrogens with one attached hydrogen (secondary N) is 1. The summed E-state index contributed by atoms with van der Waals surface area (Å²) in [6.45, 7) is 4.02. The molecule has 0 aliphatic carbocycles. The third kappa shape index (κ3) is 5.56. The van der Waals surface area contributed by atoms with E-state index >= 15 is 0 Å². The molecule has 3 aromatic carbocycles. The summed E-state index contributed by atoms with van der Waals surface area (Å²) in [6.07, 6.45) is 2.17. The highest BCUT2D eigenvalue weighted by Gasteiger charge is 2.26. The van der Waals surface area contributed by atoms with E-state index in [4.69, 9.17) is 12.2 Å². The molecule has 5 heteroatoms. The van der Waals surface area contributed by atoms with Crippen molar-refractivity contribution in [3.05, 3.63) is 118 Å². The van der Waals surface area contributed by atoms with Crippen LogP contribution in [0.5, 0.6) is 0 Å². The van der Waals surface area contributed by atoms with Gasteiger partial charge in [0, 0.05) is 17.6 Å². The molecule has 4 rings (SSSR count). The number of carbonyl (C=O) groups excluding carboxylic acids is 2. The largest absolute Gasteiger partial charge is 0.307 e. The van der Waals surface area contributed by atoms with Crippen molar-refractivity contribution in [3.63, 3.8) is 0 Å². The first-order chi connectivity index (χ1) is 15.9. The average Bonchev–Trinajstić information content (AvgIpc) is 3.15. The van der Waals surface area contributed by atoms with Crippen molar-refractivity contribution < 1.29 is 9.59 Å². The lowest BCUT2D eigenvalue weighted by Crippen LogP contribution is -2.18. The number of aryl methyl sites for hydroxylation is 2. The van der Waals surface area contributed by atoms with E-state index in [9.17, 15) is 9.59 Å². The van der Waals surface area contributed by atoms with Crippen molar-refractivity contribution in [2.24, 2.45) is 0 Å². The number of carbonyl (C=O) groups is 2. The fourth-order valence-corrected chi connectivity index (χ4v) is 4.68. The first-order valence-corrected chi connectivity index (χ1v) is 11.8. The van der Waals surface area contributed by atoms with Crippen LogP contribution in [-0.4, -0.2) is 16.0 Å². The van der Waals surface area contributed by atoms with Crippen LogP contribution in [0, 0.1) is 13.8 Å². The van der Waals surface area contributed by atoms with Crippen molar-refractivity contribution in [2.45, 2.75) is 20.3 Å². The van der Waals surface area contributed by atoms with Crippen LogP contribution in [0.15, 0.2) is 89.8 Å². The SMILES string of the molecule is Cc1ccc(C(=O)C/C(=C/C(=C2/SC(=S)NC2=O)c2ccc(C)cc2)c2ccccc2)cc1. The molecule has 1 aliphatic rings. The molecule has 1 saturated heterocycles. The topological polar surface area (TPSA) is 46.2 Å². The highest BCUT2D eigenvalue weighted by atomic mass is 32.2. The summed E-state index contributed by atoms with van der Waals surface area (Å²) in [7, 11) is 0. The highest BCUT2D eigenvalue weighted by Crippen LogP contribution is 2.35. The van der Waals surface area contributed by atoms with Gasteiger partial charge in [-0.15, -0.1) is 0 Å². The Hall–Kier alpha value is -3.28. The van der Waals surface area contributed by atoms with Crippen LogP contribution < -0.4 is 5.32 Å². The van der Waals surface area contributed by atoms with E-state index in [2.05, 4.69) is 5.32 Å². The fraction of sp³-hybridized carbons (Fsp3) is 0.107. The second kappa shape index (κ2) is 10.1. The van der Waals surface area contributed by atoms with Gasteiger partial charge in [0.05, 0.1) is 4.91 Å². The van der Waals surface area contributed by atoms with Gasteiger partial charge in [-0.3, -0.25) is 9.59 Å². The monoisotopic (exact) mass is 469 g/mol. The zero-order valence-electron chi connectivity index (χ0n) is 18.4. The maximum atomic E-state index is 13.2. The van der Waals surface area contributed by atoms with Crippen LogP contribution in [0.25, 0.3) is 11.1 Å². The van der Waals surface area contributed by atoms with Crippen LogP contribution in [0.1, 0.15) is 39.0 Å². The van der Waals surface area contributed by atoms with Gasteiger partial charge in [-0.25, -0.2) is 0 Å². The minimum Gasteiger partial charge on any atom is -0.307 e. The molecule has 164 valence electrons. The Balaban J connectivity index is 1.83. The number of ketones is 1. The average molecular weight is 470 g/mol. The van der Waals surface area contributed by atoms with Crippen LogP contribution in [-0.2, 0) is 4.79 Å². The Bertz CT molecular complexity index is 1270. The molecule has 1 amide bonds. The summed E-state index contributed by atoms with van der Waals surface area (Å²) in [5, 5.41) is 2.71. The second-order valence-electron chi connectivity index (χ2n) is 7.95. The van der Waals surface area contributed by atoms with Crippen molar-refractivity contribution in [3.8, 4) is 0 Å². The van der Waals surface area contributed by atoms with Gasteiger partial charge in [0.15, 0.2) is 5.78 Å². The van der Waals surface area contributed by atoms with Gasteiger partial charge in [0.2, 0.25) is 0 Å². The molecule has 1 N–H and O–H groups in total. The number of hydrogen-bond acceptors (Lipinski definition) is 4. The van der Waals surface area contributed by atoms with E-state index in [0.29, 0.717) is 14.8 Å². The lowest BCUT2D eigenvalue weighted by atomic mass is 9.93. The predicted octanol–water partition coefficient (Wildman–Crippen LogP) is 6.52. The predicted molar refractivity (Wildman–Crippen MR) is 141 cm³/mol. The van der Waals surface area contributed by atoms with Crippen molar-refractivity contribution in [2.75, 3.05) is 0 Å². The molecule has 3 nitrogen and oxygen atoms in total. The smallest absolute Gasteiger partial charge is 0.264 e. The molecule has 0 bridgehead atoms. The Kier molecular flexibility index (Phi) is 7.02. The molecule has 0 aromatic heterocycles. The van der Waals surface area contributed by atoms with Crippen molar-refractivity contribution in [1.29, 1.82) is 0 Å². The van der Waals surface area contributed by atoms with E-state index in [1.165, 1.54) is 11.8 Å². The summed E-state index contributed by atoms with van der Waals surface area (Å²) < 4.78 is 0.435. The molecule has 1 fully saturated rings. The molecule has 1 heterocycles. The molecule has 0 unspecified atom stereocenters. The number of Topliss-reactive ketones (excluding diaryl/α,β-unsaturated/α-hetero) is 1. The second-order valence-corrected chi connectivity index (χ2v) is 9.64. The molecule has 0 saturated carbocycles. The number of thioether (sulfide) groups is 1. The summed E-state index contributed by atoms with van der Waals surface area (Å²) in [5.41, 5.74) is 6.35. The number of allylic oxidation sites excluding steroid dienone is 3. The van der Waals surface area contributed by atoms with E-state index in [0.717, 1.165) is 33.4 Å². The van der Waals surface area contributed by atoms with Gasteiger partial charge in [-0.05, 0) is 36.6 Å². The zero-order chi connectivity index (χ0) is 23.4. The van der Waals surface area contributed by atoms with Crippen molar-refractivity contribution >= 4 is 51.1 Å². The van der Waals surface area contributed by atoms with Crippen LogP contribution in [0.3, 0.4) is 0 Å². The molecule has 0 spiro atoms. The van der Waals surface area contributed by atoms with Gasteiger partial charge in [0.25, 0.3) is 5.91 Å².